The predicted octanol–water partition coefficient (Wildman–Crippen LogP) is 3.46. The second-order valence-electron chi connectivity index (χ2n) is 6.28. The highest BCUT2D eigenvalue weighted by atomic mass is 16.6. The van der Waals surface area contributed by atoms with Gasteiger partial charge in [-0.25, -0.2) is 0 Å². The molecule has 1 heterocycles. The molecule has 154 valence electrons. The summed E-state index contributed by atoms with van der Waals surface area (Å²) in [5, 5.41) is 24.4. The zero-order chi connectivity index (χ0) is 21.7. The number of hydrogen-bond donors (Lipinski definition) is 1. The first kappa shape index (κ1) is 20.6. The quantitative estimate of drug-likeness (QED) is 0.262. The Hall–Kier alpha value is -4.14. The third kappa shape index (κ3) is 4.64. The van der Waals surface area contributed by atoms with Crippen LogP contribution >= 0.6 is 0 Å². The van der Waals surface area contributed by atoms with Crippen LogP contribution in [0.3, 0.4) is 0 Å². The second kappa shape index (κ2) is 8.91. The van der Waals surface area contributed by atoms with Gasteiger partial charge in [-0.3, -0.25) is 4.79 Å². The van der Waals surface area contributed by atoms with Crippen LogP contribution in [-0.4, -0.2) is 39.8 Å². The number of phenols is 1. The third-order valence-electron chi connectivity index (χ3n) is 4.34. The Bertz CT molecular complexity index is 1120. The average molecular weight is 409 g/mol. The van der Waals surface area contributed by atoms with Gasteiger partial charge in [0, 0.05) is 11.1 Å². The van der Waals surface area contributed by atoms with Crippen molar-refractivity contribution in [2.45, 2.75) is 6.54 Å². The Morgan fingerprint density at radius 3 is 2.60 bits per heavy atom. The van der Waals surface area contributed by atoms with E-state index in [1.54, 1.807) is 18.2 Å². The first-order valence-electron chi connectivity index (χ1n) is 8.85. The van der Waals surface area contributed by atoms with Gasteiger partial charge in [0.25, 0.3) is 0 Å². The molecular weight excluding hydrogens is 390 g/mol. The Balaban J connectivity index is 1.81. The lowest BCUT2D eigenvalue weighted by atomic mass is 10.1. The van der Waals surface area contributed by atoms with Crippen molar-refractivity contribution in [2.24, 2.45) is 0 Å². The number of aromatic hydroxyl groups is 1. The minimum absolute atomic E-state index is 0.0447. The Morgan fingerprint density at radius 1 is 1.17 bits per heavy atom. The van der Waals surface area contributed by atoms with Gasteiger partial charge in [0.05, 0.1) is 38.1 Å². The van der Waals surface area contributed by atoms with E-state index in [-0.39, 0.29) is 29.6 Å². The number of nitro groups is 1. The van der Waals surface area contributed by atoms with Gasteiger partial charge in [0.2, 0.25) is 0 Å². The van der Waals surface area contributed by atoms with E-state index in [9.17, 15) is 20.0 Å². The van der Waals surface area contributed by atoms with E-state index in [1.807, 2.05) is 6.07 Å². The monoisotopic (exact) mass is 409 g/mol. The fourth-order valence-electron chi connectivity index (χ4n) is 2.84. The molecule has 9 nitrogen and oxygen atoms in total. The van der Waals surface area contributed by atoms with Gasteiger partial charge in [-0.05, 0) is 46.9 Å². The van der Waals surface area contributed by atoms with Gasteiger partial charge in [0.1, 0.15) is 5.75 Å². The molecule has 0 saturated carbocycles. The van der Waals surface area contributed by atoms with Gasteiger partial charge in [-0.1, -0.05) is 12.1 Å². The molecular formula is C21H19N3O6. The summed E-state index contributed by atoms with van der Waals surface area (Å²) >= 11 is 0. The lowest BCUT2D eigenvalue weighted by Crippen LogP contribution is -2.03. The lowest BCUT2D eigenvalue weighted by Gasteiger charge is -2.08. The Morgan fingerprint density at radius 2 is 1.93 bits per heavy atom. The number of methoxy groups -OCH3 is 2. The molecule has 0 amide bonds. The van der Waals surface area contributed by atoms with Crippen molar-refractivity contribution in [3.8, 4) is 17.2 Å². The molecule has 9 heteroatoms. The normalized spacial score (nSPS) is 10.9. The summed E-state index contributed by atoms with van der Waals surface area (Å²) in [4.78, 5) is 22.7. The maximum Gasteiger partial charge on any atom is 0.389 e. The summed E-state index contributed by atoms with van der Waals surface area (Å²) in [5.74, 6) is 0.277. The van der Waals surface area contributed by atoms with Gasteiger partial charge in [-0.15, -0.1) is 0 Å². The molecule has 0 atom stereocenters. The van der Waals surface area contributed by atoms with Crippen molar-refractivity contribution in [3.63, 3.8) is 0 Å². The van der Waals surface area contributed by atoms with Crippen molar-refractivity contribution in [1.29, 1.82) is 0 Å². The summed E-state index contributed by atoms with van der Waals surface area (Å²) in [5.41, 5.74) is 1.86. The van der Waals surface area contributed by atoms with E-state index in [2.05, 4.69) is 5.10 Å². The van der Waals surface area contributed by atoms with E-state index in [4.69, 9.17) is 9.47 Å². The molecule has 0 fully saturated rings. The molecule has 0 aliphatic heterocycles. The number of phenolic OH excluding ortho intramolecular Hbond substituents is 1. The van der Waals surface area contributed by atoms with Crippen molar-refractivity contribution in [1.82, 2.24) is 9.78 Å². The molecule has 1 N–H and O–H groups in total. The number of carbonyl (C=O) groups is 1. The van der Waals surface area contributed by atoms with Gasteiger partial charge < -0.3 is 24.7 Å². The van der Waals surface area contributed by atoms with E-state index >= 15 is 0 Å². The maximum atomic E-state index is 12.4. The van der Waals surface area contributed by atoms with E-state index in [1.165, 1.54) is 55.4 Å². The van der Waals surface area contributed by atoms with Gasteiger partial charge >= 0.3 is 5.82 Å². The van der Waals surface area contributed by atoms with Crippen LogP contribution in [0.5, 0.6) is 17.2 Å². The largest absolute Gasteiger partial charge is 0.504 e. The van der Waals surface area contributed by atoms with Crippen LogP contribution < -0.4 is 9.47 Å². The molecule has 1 aromatic heterocycles. The molecule has 2 aromatic carbocycles. The van der Waals surface area contributed by atoms with Crippen LogP contribution in [0.15, 0.2) is 54.7 Å². The van der Waals surface area contributed by atoms with Crippen LogP contribution in [0, 0.1) is 10.1 Å². The highest BCUT2D eigenvalue weighted by Gasteiger charge is 2.13. The van der Waals surface area contributed by atoms with Gasteiger partial charge in [-0.2, -0.15) is 4.68 Å². The molecule has 3 aromatic rings. The van der Waals surface area contributed by atoms with Crippen molar-refractivity contribution < 1.29 is 24.3 Å². The summed E-state index contributed by atoms with van der Waals surface area (Å²) < 4.78 is 11.8. The molecule has 0 bridgehead atoms. The summed E-state index contributed by atoms with van der Waals surface area (Å²) in [6, 6.07) is 11.0. The highest BCUT2D eigenvalue weighted by molar-refractivity contribution is 6.07. The van der Waals surface area contributed by atoms with Crippen molar-refractivity contribution in [3.05, 3.63) is 81.5 Å². The standard InChI is InChI=1S/C21H19N3O6/c1-29-19-8-4-14(11-16(19)13-23-10-9-21(22-23)24(27)28)3-6-17(25)15-5-7-18(26)20(12-15)30-2/h3-12,26H,13H2,1-2H3/b6-3+. The zero-order valence-electron chi connectivity index (χ0n) is 16.3. The minimum Gasteiger partial charge on any atom is -0.504 e. The average Bonchev–Trinajstić information content (AvgIpc) is 3.21. The number of benzene rings is 2. The first-order valence-corrected chi connectivity index (χ1v) is 8.85. The fourth-order valence-corrected chi connectivity index (χ4v) is 2.84. The topological polar surface area (TPSA) is 117 Å². The Kier molecular flexibility index (Phi) is 6.11. The number of aromatic nitrogens is 2. The molecule has 30 heavy (non-hydrogen) atoms. The number of hydrogen-bond acceptors (Lipinski definition) is 7. The number of rotatable bonds is 8. The molecule has 0 aliphatic carbocycles. The van der Waals surface area contributed by atoms with Gasteiger partial charge in [0.15, 0.2) is 17.3 Å². The predicted molar refractivity (Wildman–Crippen MR) is 109 cm³/mol. The molecule has 0 aliphatic rings. The first-order chi connectivity index (χ1) is 14.4. The second-order valence-corrected chi connectivity index (χ2v) is 6.28. The Labute approximate surface area is 171 Å². The number of carbonyl (C=O) groups excluding carboxylic acids is 1. The highest BCUT2D eigenvalue weighted by Crippen LogP contribution is 2.27. The molecule has 0 unspecified atom stereocenters. The molecule has 0 saturated heterocycles. The minimum atomic E-state index is -0.559. The number of allylic oxidation sites excluding steroid dienone is 1. The summed E-state index contributed by atoms with van der Waals surface area (Å²) in [7, 11) is 2.94. The van der Waals surface area contributed by atoms with Crippen molar-refractivity contribution >= 4 is 17.7 Å². The van der Waals surface area contributed by atoms with Crippen LogP contribution in [0.4, 0.5) is 5.82 Å². The van der Waals surface area contributed by atoms with E-state index in [0.29, 0.717) is 11.3 Å². The van der Waals surface area contributed by atoms with Crippen LogP contribution in [-0.2, 0) is 6.54 Å². The third-order valence-corrected chi connectivity index (χ3v) is 4.34. The lowest BCUT2D eigenvalue weighted by molar-refractivity contribution is -0.389. The van der Waals surface area contributed by atoms with Crippen LogP contribution in [0.1, 0.15) is 21.5 Å². The smallest absolute Gasteiger partial charge is 0.389 e. The zero-order valence-corrected chi connectivity index (χ0v) is 16.3. The van der Waals surface area contributed by atoms with Crippen LogP contribution in [0.2, 0.25) is 0 Å². The number of nitrogens with zero attached hydrogens (tertiary/aromatic N) is 3. The SMILES string of the molecule is COc1cc(C(=O)/C=C/c2ccc(OC)c(Cn3ccc([N+](=O)[O-])n3)c2)ccc1O. The number of ether oxygens (including phenoxy) is 2. The summed E-state index contributed by atoms with van der Waals surface area (Å²) in [6.45, 7) is 0.266. The molecule has 0 radical (unpaired) electrons. The summed E-state index contributed by atoms with van der Waals surface area (Å²) in [6.07, 6.45) is 4.58. The molecule has 0 spiro atoms. The molecule has 3 rings (SSSR count). The fraction of sp³-hybridized carbons (Fsp3) is 0.143. The van der Waals surface area contributed by atoms with E-state index < -0.39 is 4.92 Å². The maximum absolute atomic E-state index is 12.4. The van der Waals surface area contributed by atoms with Crippen molar-refractivity contribution in [2.75, 3.05) is 14.2 Å². The number of ketones is 1. The van der Waals surface area contributed by atoms with E-state index in [0.717, 1.165) is 11.1 Å². The van der Waals surface area contributed by atoms with Crippen LogP contribution in [0.25, 0.3) is 6.08 Å².